The average Bonchev–Trinajstić information content (AvgIpc) is 2.99. The minimum Gasteiger partial charge on any atom is -0.349 e. The summed E-state index contributed by atoms with van der Waals surface area (Å²) in [6.07, 6.45) is 3.89. The first-order valence-corrected chi connectivity index (χ1v) is 8.32. The van der Waals surface area contributed by atoms with Gasteiger partial charge in [0, 0.05) is 13.0 Å². The molecule has 1 aliphatic heterocycles. The van der Waals surface area contributed by atoms with Crippen LogP contribution in [0.15, 0.2) is 18.2 Å². The number of rotatable bonds is 6. The molecule has 1 aliphatic rings. The van der Waals surface area contributed by atoms with Gasteiger partial charge in [-0.2, -0.15) is 0 Å². The van der Waals surface area contributed by atoms with Crippen molar-refractivity contribution in [3.05, 3.63) is 33.8 Å². The molecule has 1 unspecified atom stereocenters. The van der Waals surface area contributed by atoms with Gasteiger partial charge >= 0.3 is 0 Å². The van der Waals surface area contributed by atoms with Crippen LogP contribution in [0.25, 0.3) is 0 Å². The Labute approximate surface area is 136 Å². The van der Waals surface area contributed by atoms with Crippen LogP contribution in [-0.2, 0) is 4.79 Å². The van der Waals surface area contributed by atoms with Crippen molar-refractivity contribution in [3.8, 4) is 0 Å². The second kappa shape index (κ2) is 8.02. The summed E-state index contributed by atoms with van der Waals surface area (Å²) in [6, 6.07) is 5.52. The van der Waals surface area contributed by atoms with Crippen molar-refractivity contribution in [2.75, 3.05) is 19.6 Å². The molecule has 1 atom stereocenters. The lowest BCUT2D eigenvalue weighted by Crippen LogP contribution is -2.31. The van der Waals surface area contributed by atoms with E-state index in [1.54, 1.807) is 6.07 Å². The maximum Gasteiger partial charge on any atom is 0.221 e. The standard InChI is InChI=1S/C16H22Cl2N2O/c1-2-15(12-5-6-13(17)14(18)11-12)19-16(21)7-10-20-8-3-4-9-20/h5-6,11,15H,2-4,7-10H2,1H3,(H,19,21). The molecule has 116 valence electrons. The van der Waals surface area contributed by atoms with Crippen LogP contribution in [0.4, 0.5) is 0 Å². The fraction of sp³-hybridized carbons (Fsp3) is 0.562. The van der Waals surface area contributed by atoms with E-state index in [0.29, 0.717) is 16.5 Å². The van der Waals surface area contributed by atoms with Crippen LogP contribution in [0.1, 0.15) is 44.2 Å². The van der Waals surface area contributed by atoms with Crippen LogP contribution in [0.5, 0.6) is 0 Å². The lowest BCUT2D eigenvalue weighted by atomic mass is 10.0. The van der Waals surface area contributed by atoms with Crippen molar-refractivity contribution in [2.24, 2.45) is 0 Å². The lowest BCUT2D eigenvalue weighted by molar-refractivity contribution is -0.122. The van der Waals surface area contributed by atoms with Gasteiger partial charge in [0.25, 0.3) is 0 Å². The van der Waals surface area contributed by atoms with E-state index in [1.807, 2.05) is 19.1 Å². The fourth-order valence-electron chi connectivity index (χ4n) is 2.68. The molecule has 1 fully saturated rings. The van der Waals surface area contributed by atoms with Gasteiger partial charge in [0.15, 0.2) is 0 Å². The normalized spacial score (nSPS) is 16.9. The van der Waals surface area contributed by atoms with Crippen LogP contribution in [0.2, 0.25) is 10.0 Å². The molecule has 2 rings (SSSR count). The molecule has 0 bridgehead atoms. The number of hydrogen-bond acceptors (Lipinski definition) is 2. The highest BCUT2D eigenvalue weighted by Gasteiger charge is 2.16. The minimum atomic E-state index is -0.00848. The van der Waals surface area contributed by atoms with Gasteiger partial charge in [-0.1, -0.05) is 36.2 Å². The van der Waals surface area contributed by atoms with Gasteiger partial charge in [-0.25, -0.2) is 0 Å². The van der Waals surface area contributed by atoms with Crippen LogP contribution in [-0.4, -0.2) is 30.4 Å². The third-order valence-electron chi connectivity index (χ3n) is 3.94. The average molecular weight is 329 g/mol. The number of likely N-dealkylation sites (tertiary alicyclic amines) is 1. The summed E-state index contributed by atoms with van der Waals surface area (Å²) in [5, 5.41) is 4.15. The van der Waals surface area contributed by atoms with Crippen molar-refractivity contribution in [1.82, 2.24) is 10.2 Å². The van der Waals surface area contributed by atoms with Crippen molar-refractivity contribution in [2.45, 2.75) is 38.6 Å². The Kier molecular flexibility index (Phi) is 6.34. The van der Waals surface area contributed by atoms with Gasteiger partial charge < -0.3 is 10.2 Å². The van der Waals surface area contributed by atoms with E-state index in [0.717, 1.165) is 31.6 Å². The van der Waals surface area contributed by atoms with Crippen molar-refractivity contribution >= 4 is 29.1 Å². The molecule has 1 aromatic rings. The zero-order valence-electron chi connectivity index (χ0n) is 12.4. The Morgan fingerprint density at radius 1 is 1.29 bits per heavy atom. The number of nitrogens with zero attached hydrogens (tertiary/aromatic N) is 1. The lowest BCUT2D eigenvalue weighted by Gasteiger charge is -2.19. The Morgan fingerprint density at radius 3 is 2.62 bits per heavy atom. The molecule has 1 N–H and O–H groups in total. The SMILES string of the molecule is CCC(NC(=O)CCN1CCCC1)c1ccc(Cl)c(Cl)c1. The molecule has 1 heterocycles. The van der Waals surface area contributed by atoms with Crippen molar-refractivity contribution < 1.29 is 4.79 Å². The number of amides is 1. The second-order valence-electron chi connectivity index (χ2n) is 5.50. The third kappa shape index (κ3) is 4.87. The molecule has 3 nitrogen and oxygen atoms in total. The Bertz CT molecular complexity index is 487. The van der Waals surface area contributed by atoms with Gasteiger partial charge in [-0.15, -0.1) is 0 Å². The van der Waals surface area contributed by atoms with Gasteiger partial charge in [0.05, 0.1) is 16.1 Å². The highest BCUT2D eigenvalue weighted by molar-refractivity contribution is 6.42. The van der Waals surface area contributed by atoms with Gasteiger partial charge in [0.2, 0.25) is 5.91 Å². The summed E-state index contributed by atoms with van der Waals surface area (Å²) in [6.45, 7) is 5.14. The third-order valence-corrected chi connectivity index (χ3v) is 4.68. The topological polar surface area (TPSA) is 32.3 Å². The summed E-state index contributed by atoms with van der Waals surface area (Å²) in [5.41, 5.74) is 1.00. The van der Waals surface area contributed by atoms with E-state index in [4.69, 9.17) is 23.2 Å². The molecular weight excluding hydrogens is 307 g/mol. The molecule has 1 amide bonds. The quantitative estimate of drug-likeness (QED) is 0.854. The summed E-state index contributed by atoms with van der Waals surface area (Å²) >= 11 is 12.0. The first kappa shape index (κ1) is 16.6. The maximum absolute atomic E-state index is 12.1. The number of nitrogens with one attached hydrogen (secondary N) is 1. The van der Waals surface area contributed by atoms with E-state index in [-0.39, 0.29) is 11.9 Å². The van der Waals surface area contributed by atoms with Crippen molar-refractivity contribution in [3.63, 3.8) is 0 Å². The maximum atomic E-state index is 12.1. The molecule has 1 aromatic carbocycles. The largest absolute Gasteiger partial charge is 0.349 e. The number of halogens is 2. The molecule has 1 saturated heterocycles. The van der Waals surface area contributed by atoms with E-state index in [2.05, 4.69) is 10.2 Å². The Balaban J connectivity index is 1.88. The van der Waals surface area contributed by atoms with E-state index in [9.17, 15) is 4.79 Å². The zero-order chi connectivity index (χ0) is 15.2. The second-order valence-corrected chi connectivity index (χ2v) is 6.32. The zero-order valence-corrected chi connectivity index (χ0v) is 13.9. The van der Waals surface area contributed by atoms with Gasteiger partial charge in [-0.05, 0) is 50.0 Å². The smallest absolute Gasteiger partial charge is 0.221 e. The van der Waals surface area contributed by atoms with E-state index < -0.39 is 0 Å². The molecule has 0 radical (unpaired) electrons. The Morgan fingerprint density at radius 2 is 2.00 bits per heavy atom. The molecule has 5 heteroatoms. The van der Waals surface area contributed by atoms with Crippen LogP contribution in [0, 0.1) is 0 Å². The number of carbonyl (C=O) groups excluding carboxylic acids is 1. The Hall–Kier alpha value is -0.770. The molecule has 0 saturated carbocycles. The van der Waals surface area contributed by atoms with Crippen LogP contribution < -0.4 is 5.32 Å². The fourth-order valence-corrected chi connectivity index (χ4v) is 2.99. The first-order valence-electron chi connectivity index (χ1n) is 7.57. The molecule has 0 spiro atoms. The van der Waals surface area contributed by atoms with Gasteiger partial charge in [-0.3, -0.25) is 4.79 Å². The van der Waals surface area contributed by atoms with Crippen molar-refractivity contribution in [1.29, 1.82) is 0 Å². The highest BCUT2D eigenvalue weighted by atomic mass is 35.5. The molecule has 21 heavy (non-hydrogen) atoms. The number of carbonyl (C=O) groups is 1. The predicted octanol–water partition coefficient (Wildman–Crippen LogP) is 4.05. The first-order chi connectivity index (χ1) is 10.1. The van der Waals surface area contributed by atoms with Crippen LogP contribution >= 0.6 is 23.2 Å². The van der Waals surface area contributed by atoms with Gasteiger partial charge in [0.1, 0.15) is 0 Å². The highest BCUT2D eigenvalue weighted by Crippen LogP contribution is 2.26. The summed E-state index contributed by atoms with van der Waals surface area (Å²) < 4.78 is 0. The number of benzene rings is 1. The van der Waals surface area contributed by atoms with E-state index >= 15 is 0 Å². The van der Waals surface area contributed by atoms with E-state index in [1.165, 1.54) is 12.8 Å². The summed E-state index contributed by atoms with van der Waals surface area (Å²) in [7, 11) is 0. The summed E-state index contributed by atoms with van der Waals surface area (Å²) in [5.74, 6) is 0.0971. The number of hydrogen-bond donors (Lipinski definition) is 1. The molecule has 0 aliphatic carbocycles. The molecule has 0 aromatic heterocycles. The molecular formula is C16H22Cl2N2O. The monoisotopic (exact) mass is 328 g/mol. The van der Waals surface area contributed by atoms with Crippen LogP contribution in [0.3, 0.4) is 0 Å². The predicted molar refractivity (Wildman–Crippen MR) is 87.9 cm³/mol. The summed E-state index contributed by atoms with van der Waals surface area (Å²) in [4.78, 5) is 14.4. The minimum absolute atomic E-state index is 0.00848.